The average molecular weight is 453 g/mol. The second kappa shape index (κ2) is 10.0. The molecule has 0 bridgehead atoms. The molecule has 0 spiro atoms. The normalized spacial score (nSPS) is 10.5. The Labute approximate surface area is 199 Å². The predicted octanol–water partition coefficient (Wildman–Crippen LogP) is 6.84. The van der Waals surface area contributed by atoms with Crippen molar-refractivity contribution in [3.05, 3.63) is 95.2 Å². The van der Waals surface area contributed by atoms with Crippen molar-refractivity contribution in [2.45, 2.75) is 27.7 Å². The van der Waals surface area contributed by atoms with E-state index in [1.165, 1.54) is 5.56 Å². The highest BCUT2D eigenvalue weighted by Crippen LogP contribution is 2.22. The summed E-state index contributed by atoms with van der Waals surface area (Å²) in [7, 11) is 0. The molecule has 0 radical (unpaired) electrons. The first kappa shape index (κ1) is 22.8. The van der Waals surface area contributed by atoms with Crippen molar-refractivity contribution in [1.29, 1.82) is 0 Å². The fourth-order valence-electron chi connectivity index (χ4n) is 3.41. The molecule has 7 nitrogen and oxygen atoms in total. The van der Waals surface area contributed by atoms with E-state index in [1.54, 1.807) is 0 Å². The number of urea groups is 1. The van der Waals surface area contributed by atoms with Gasteiger partial charge in [-0.1, -0.05) is 29.8 Å². The Balaban J connectivity index is 1.39. The lowest BCUT2D eigenvalue weighted by atomic mass is 10.1. The highest BCUT2D eigenvalue weighted by atomic mass is 16.2. The molecule has 2 amide bonds. The number of amides is 2. The average Bonchev–Trinajstić information content (AvgIpc) is 2.79. The van der Waals surface area contributed by atoms with Crippen LogP contribution in [0.4, 0.5) is 39.3 Å². The first-order chi connectivity index (χ1) is 16.4. The number of aromatic nitrogens is 2. The first-order valence-corrected chi connectivity index (χ1v) is 11.1. The first-order valence-electron chi connectivity index (χ1n) is 11.1. The van der Waals surface area contributed by atoms with Crippen LogP contribution in [-0.4, -0.2) is 16.0 Å². The van der Waals surface area contributed by atoms with Gasteiger partial charge in [0, 0.05) is 34.5 Å². The van der Waals surface area contributed by atoms with Gasteiger partial charge in [0.15, 0.2) is 0 Å². The van der Waals surface area contributed by atoms with Gasteiger partial charge in [0.2, 0.25) is 5.95 Å². The van der Waals surface area contributed by atoms with Gasteiger partial charge in [-0.25, -0.2) is 9.78 Å². The number of benzene rings is 3. The summed E-state index contributed by atoms with van der Waals surface area (Å²) in [4.78, 5) is 21.4. The van der Waals surface area contributed by atoms with Crippen LogP contribution in [0.1, 0.15) is 22.4 Å². The fraction of sp³-hybridized carbons (Fsp3) is 0.148. The molecule has 0 saturated heterocycles. The van der Waals surface area contributed by atoms with Crippen LogP contribution >= 0.6 is 0 Å². The van der Waals surface area contributed by atoms with Gasteiger partial charge in [0.25, 0.3) is 0 Å². The molecule has 0 fully saturated rings. The standard InChI is InChI=1S/C27H28N6O/c1-17-8-10-21(11-9-17)29-25-16-19(3)28-26(33-25)30-22-12-14-23(15-13-22)31-27(34)32-24-7-5-6-18(2)20(24)4/h5-16H,1-4H3,(H2,31,32,34)(H2,28,29,30,33). The van der Waals surface area contributed by atoms with Crippen LogP contribution in [0.2, 0.25) is 0 Å². The molecule has 4 aromatic rings. The Hall–Kier alpha value is -4.39. The van der Waals surface area contributed by atoms with Gasteiger partial charge < -0.3 is 21.3 Å². The topological polar surface area (TPSA) is 91.0 Å². The smallest absolute Gasteiger partial charge is 0.323 e. The Morgan fingerprint density at radius 1 is 0.706 bits per heavy atom. The number of anilines is 6. The van der Waals surface area contributed by atoms with Crippen molar-refractivity contribution in [2.24, 2.45) is 0 Å². The van der Waals surface area contributed by atoms with Crippen LogP contribution in [0.15, 0.2) is 72.8 Å². The van der Waals surface area contributed by atoms with E-state index >= 15 is 0 Å². The number of aryl methyl sites for hydroxylation is 3. The zero-order valence-electron chi connectivity index (χ0n) is 19.7. The lowest BCUT2D eigenvalue weighted by Crippen LogP contribution is -2.20. The Kier molecular flexibility index (Phi) is 6.73. The number of nitrogens with one attached hydrogen (secondary N) is 4. The minimum atomic E-state index is -0.289. The van der Waals surface area contributed by atoms with Gasteiger partial charge in [0.1, 0.15) is 5.82 Å². The molecule has 0 aliphatic heterocycles. The van der Waals surface area contributed by atoms with Crippen LogP contribution in [0.25, 0.3) is 0 Å². The summed E-state index contributed by atoms with van der Waals surface area (Å²) >= 11 is 0. The number of carbonyl (C=O) groups is 1. The van der Waals surface area contributed by atoms with Gasteiger partial charge in [-0.05, 0) is 81.3 Å². The summed E-state index contributed by atoms with van der Waals surface area (Å²) in [5.74, 6) is 1.20. The third-order valence-electron chi connectivity index (χ3n) is 5.43. The Bertz CT molecular complexity index is 1300. The number of nitrogens with zero attached hydrogens (tertiary/aromatic N) is 2. The van der Waals surface area contributed by atoms with E-state index in [-0.39, 0.29) is 6.03 Å². The van der Waals surface area contributed by atoms with Gasteiger partial charge in [-0.15, -0.1) is 0 Å². The third kappa shape index (κ3) is 5.89. The highest BCUT2D eigenvalue weighted by molar-refractivity contribution is 6.00. The van der Waals surface area contributed by atoms with Gasteiger partial charge in [0.05, 0.1) is 0 Å². The summed E-state index contributed by atoms with van der Waals surface area (Å²) in [6, 6.07) is 23.0. The molecular weight excluding hydrogens is 424 g/mol. The van der Waals surface area contributed by atoms with Gasteiger partial charge >= 0.3 is 6.03 Å². The van der Waals surface area contributed by atoms with Crippen molar-refractivity contribution in [3.8, 4) is 0 Å². The Morgan fingerprint density at radius 3 is 2.09 bits per heavy atom. The van der Waals surface area contributed by atoms with Crippen molar-refractivity contribution < 1.29 is 4.79 Å². The maximum absolute atomic E-state index is 12.4. The van der Waals surface area contributed by atoms with Crippen LogP contribution in [0, 0.1) is 27.7 Å². The molecule has 172 valence electrons. The molecule has 0 aliphatic rings. The molecule has 0 unspecified atom stereocenters. The van der Waals surface area contributed by atoms with E-state index in [0.29, 0.717) is 17.5 Å². The number of hydrogen-bond acceptors (Lipinski definition) is 5. The molecule has 1 aromatic heterocycles. The fourth-order valence-corrected chi connectivity index (χ4v) is 3.41. The molecule has 0 atom stereocenters. The number of carbonyl (C=O) groups excluding carboxylic acids is 1. The number of hydrogen-bond donors (Lipinski definition) is 4. The molecule has 7 heteroatoms. The SMILES string of the molecule is Cc1ccc(Nc2cc(C)nc(Nc3ccc(NC(=O)Nc4cccc(C)c4C)cc3)n2)cc1. The second-order valence-electron chi connectivity index (χ2n) is 8.24. The van der Waals surface area contributed by atoms with Crippen molar-refractivity contribution in [3.63, 3.8) is 0 Å². The van der Waals surface area contributed by atoms with Crippen molar-refractivity contribution in [2.75, 3.05) is 21.3 Å². The molecule has 4 N–H and O–H groups in total. The third-order valence-corrected chi connectivity index (χ3v) is 5.43. The minimum absolute atomic E-state index is 0.289. The zero-order valence-corrected chi connectivity index (χ0v) is 19.7. The van der Waals surface area contributed by atoms with E-state index in [0.717, 1.165) is 33.9 Å². The second-order valence-corrected chi connectivity index (χ2v) is 8.24. The van der Waals surface area contributed by atoms with Gasteiger partial charge in [-0.3, -0.25) is 0 Å². The molecule has 0 aliphatic carbocycles. The van der Waals surface area contributed by atoms with Crippen molar-refractivity contribution >= 4 is 40.5 Å². The van der Waals surface area contributed by atoms with Crippen LogP contribution in [0.3, 0.4) is 0 Å². The molecule has 3 aromatic carbocycles. The van der Waals surface area contributed by atoms with Crippen LogP contribution in [0.5, 0.6) is 0 Å². The summed E-state index contributed by atoms with van der Waals surface area (Å²) in [6.07, 6.45) is 0. The van der Waals surface area contributed by atoms with Gasteiger partial charge in [-0.2, -0.15) is 4.98 Å². The van der Waals surface area contributed by atoms with E-state index < -0.39 is 0 Å². The Morgan fingerprint density at radius 2 is 1.35 bits per heavy atom. The van der Waals surface area contributed by atoms with E-state index in [2.05, 4.69) is 38.2 Å². The molecular formula is C27H28N6O. The minimum Gasteiger partial charge on any atom is -0.340 e. The maximum atomic E-state index is 12.4. The zero-order chi connectivity index (χ0) is 24.1. The lowest BCUT2D eigenvalue weighted by Gasteiger charge is -2.12. The van der Waals surface area contributed by atoms with E-state index in [4.69, 9.17) is 0 Å². The highest BCUT2D eigenvalue weighted by Gasteiger charge is 2.07. The van der Waals surface area contributed by atoms with Crippen molar-refractivity contribution in [1.82, 2.24) is 9.97 Å². The molecule has 4 rings (SSSR count). The molecule has 1 heterocycles. The number of rotatable bonds is 6. The quantitative estimate of drug-likeness (QED) is 0.257. The summed E-state index contributed by atoms with van der Waals surface area (Å²) < 4.78 is 0. The molecule has 34 heavy (non-hydrogen) atoms. The monoisotopic (exact) mass is 452 g/mol. The van der Waals surface area contributed by atoms with Crippen LogP contribution < -0.4 is 21.3 Å². The summed E-state index contributed by atoms with van der Waals surface area (Å²) in [5.41, 5.74) is 7.47. The predicted molar refractivity (Wildman–Crippen MR) is 140 cm³/mol. The van der Waals surface area contributed by atoms with E-state index in [9.17, 15) is 4.79 Å². The van der Waals surface area contributed by atoms with Crippen LogP contribution in [-0.2, 0) is 0 Å². The summed E-state index contributed by atoms with van der Waals surface area (Å²) in [5, 5.41) is 12.3. The largest absolute Gasteiger partial charge is 0.340 e. The lowest BCUT2D eigenvalue weighted by molar-refractivity contribution is 0.262. The van der Waals surface area contributed by atoms with E-state index in [1.807, 2.05) is 93.6 Å². The molecule has 0 saturated carbocycles. The summed E-state index contributed by atoms with van der Waals surface area (Å²) in [6.45, 7) is 7.98. The maximum Gasteiger partial charge on any atom is 0.323 e.